The molecule has 1 amide bonds. The number of amides is 1. The number of methoxy groups -OCH3 is 2. The number of piperidine rings is 1. The highest BCUT2D eigenvalue weighted by molar-refractivity contribution is 5.94. The van der Waals surface area contributed by atoms with E-state index in [-0.39, 0.29) is 24.2 Å². The van der Waals surface area contributed by atoms with Crippen LogP contribution in [0.15, 0.2) is 24.3 Å². The summed E-state index contributed by atoms with van der Waals surface area (Å²) in [5, 5.41) is 12.3. The van der Waals surface area contributed by atoms with E-state index in [2.05, 4.69) is 15.5 Å². The predicted molar refractivity (Wildman–Crippen MR) is 160 cm³/mol. The van der Waals surface area contributed by atoms with Gasteiger partial charge in [-0.1, -0.05) is 25.0 Å². The SMILES string of the molecule is COc1nnc(C(=O)N2CCC(N[C@H]3CCCC[C@H]3OC)CC2)c(C)c1CC[C@H]1CCC[C@@H](c2ccc(C(F)(F)F)cc2)O1. The first-order chi connectivity index (χ1) is 21.2. The van der Waals surface area contributed by atoms with Crippen molar-refractivity contribution in [3.63, 3.8) is 0 Å². The number of hydrogen-bond donors (Lipinski definition) is 1. The van der Waals surface area contributed by atoms with Crippen LogP contribution in [0.3, 0.4) is 0 Å². The van der Waals surface area contributed by atoms with Gasteiger partial charge in [0.2, 0.25) is 5.88 Å². The Labute approximate surface area is 258 Å². The van der Waals surface area contributed by atoms with Gasteiger partial charge in [0, 0.05) is 37.8 Å². The Morgan fingerprint density at radius 3 is 2.41 bits per heavy atom. The summed E-state index contributed by atoms with van der Waals surface area (Å²) in [6.45, 7) is 3.21. The van der Waals surface area contributed by atoms with Crippen molar-refractivity contribution in [3.8, 4) is 5.88 Å². The van der Waals surface area contributed by atoms with E-state index in [9.17, 15) is 18.0 Å². The molecule has 2 aromatic rings. The molecule has 4 atom stereocenters. The summed E-state index contributed by atoms with van der Waals surface area (Å²) in [5.74, 6) is 0.290. The molecule has 1 aromatic heterocycles. The minimum Gasteiger partial charge on any atom is -0.480 e. The fourth-order valence-electron chi connectivity index (χ4n) is 7.02. The third-order valence-corrected chi connectivity index (χ3v) is 9.62. The molecule has 0 spiro atoms. The topological polar surface area (TPSA) is 85.8 Å². The van der Waals surface area contributed by atoms with Crippen molar-refractivity contribution in [2.75, 3.05) is 27.3 Å². The van der Waals surface area contributed by atoms with Gasteiger partial charge in [-0.05, 0) is 88.0 Å². The molecule has 0 bridgehead atoms. The Bertz CT molecular complexity index is 1250. The van der Waals surface area contributed by atoms with Crippen LogP contribution in [0, 0.1) is 6.92 Å². The van der Waals surface area contributed by atoms with Crippen LogP contribution in [0.1, 0.15) is 103 Å². The van der Waals surface area contributed by atoms with E-state index >= 15 is 0 Å². The molecule has 44 heavy (non-hydrogen) atoms. The van der Waals surface area contributed by atoms with Crippen LogP contribution in [0.5, 0.6) is 5.88 Å². The second-order valence-electron chi connectivity index (χ2n) is 12.4. The second kappa shape index (κ2) is 14.6. The summed E-state index contributed by atoms with van der Waals surface area (Å²) in [6.07, 6.45) is 5.80. The highest BCUT2D eigenvalue weighted by Gasteiger charge is 2.33. The molecule has 5 rings (SSSR count). The molecule has 11 heteroatoms. The minimum absolute atomic E-state index is 0.0686. The number of hydrogen-bond acceptors (Lipinski definition) is 7. The number of nitrogens with one attached hydrogen (secondary N) is 1. The zero-order chi connectivity index (χ0) is 31.3. The van der Waals surface area contributed by atoms with E-state index in [4.69, 9.17) is 14.2 Å². The van der Waals surface area contributed by atoms with Crippen molar-refractivity contribution < 1.29 is 32.2 Å². The molecule has 2 saturated heterocycles. The van der Waals surface area contributed by atoms with Gasteiger partial charge < -0.3 is 24.4 Å². The fourth-order valence-corrected chi connectivity index (χ4v) is 7.02. The Hall–Kier alpha value is -2.76. The lowest BCUT2D eigenvalue weighted by Gasteiger charge is -2.38. The third-order valence-electron chi connectivity index (χ3n) is 9.62. The summed E-state index contributed by atoms with van der Waals surface area (Å²) in [6, 6.07) is 5.99. The van der Waals surface area contributed by atoms with Crippen LogP contribution >= 0.6 is 0 Å². The number of rotatable bonds is 9. The van der Waals surface area contributed by atoms with Crippen LogP contribution in [0.2, 0.25) is 0 Å². The molecule has 242 valence electrons. The monoisotopic (exact) mass is 618 g/mol. The summed E-state index contributed by atoms with van der Waals surface area (Å²) in [7, 11) is 3.34. The standard InChI is InChI=1S/C33H45F3N4O4/c1-21-26(16-15-25-7-6-10-28(44-25)22-11-13-23(14-12-22)33(34,35)36)31(43-3)39-38-30(21)32(41)40-19-17-24(18-20-40)37-27-8-4-5-9-29(27)42-2/h11-14,24-25,27-29,37H,4-10,15-20H2,1-3H3/t25-,27+,28+,29-/m1/s1. The Morgan fingerprint density at radius 1 is 1.00 bits per heavy atom. The summed E-state index contributed by atoms with van der Waals surface area (Å²) < 4.78 is 56.6. The van der Waals surface area contributed by atoms with E-state index in [1.54, 1.807) is 14.2 Å². The normalized spacial score (nSPS) is 25.2. The largest absolute Gasteiger partial charge is 0.480 e. The third kappa shape index (κ3) is 7.72. The van der Waals surface area contributed by atoms with Crippen LogP contribution in [-0.2, 0) is 22.1 Å². The zero-order valence-corrected chi connectivity index (χ0v) is 26.0. The van der Waals surface area contributed by atoms with Gasteiger partial charge in [-0.3, -0.25) is 4.79 Å². The molecule has 1 N–H and O–H groups in total. The number of ether oxygens (including phenoxy) is 3. The molecule has 3 fully saturated rings. The Kier molecular flexibility index (Phi) is 10.8. The summed E-state index contributed by atoms with van der Waals surface area (Å²) in [4.78, 5) is 15.5. The van der Waals surface area contributed by atoms with Crippen LogP contribution in [0.4, 0.5) is 13.2 Å². The molecule has 3 aliphatic rings. The maximum absolute atomic E-state index is 13.6. The summed E-state index contributed by atoms with van der Waals surface area (Å²) in [5.41, 5.74) is 2.05. The zero-order valence-electron chi connectivity index (χ0n) is 26.0. The number of halogens is 3. The highest BCUT2D eigenvalue weighted by Crippen LogP contribution is 2.36. The van der Waals surface area contributed by atoms with E-state index in [1.165, 1.54) is 25.0 Å². The predicted octanol–water partition coefficient (Wildman–Crippen LogP) is 6.21. The molecule has 3 heterocycles. The lowest BCUT2D eigenvalue weighted by Crippen LogP contribution is -2.52. The average Bonchev–Trinajstić information content (AvgIpc) is 3.04. The lowest BCUT2D eigenvalue weighted by molar-refractivity contribution is -0.137. The Morgan fingerprint density at radius 2 is 1.73 bits per heavy atom. The van der Waals surface area contributed by atoms with Gasteiger partial charge in [-0.15, -0.1) is 10.2 Å². The first kappa shape index (κ1) is 32.6. The van der Waals surface area contributed by atoms with Crippen LogP contribution < -0.4 is 10.1 Å². The Balaban J connectivity index is 1.18. The van der Waals surface area contributed by atoms with Crippen molar-refractivity contribution in [2.24, 2.45) is 0 Å². The lowest BCUT2D eigenvalue weighted by atomic mass is 9.90. The number of benzene rings is 1. The quantitative estimate of drug-likeness (QED) is 0.358. The summed E-state index contributed by atoms with van der Waals surface area (Å²) >= 11 is 0. The number of alkyl halides is 3. The van der Waals surface area contributed by atoms with E-state index in [0.29, 0.717) is 49.6 Å². The average molecular weight is 619 g/mol. The van der Waals surface area contributed by atoms with Crippen LogP contribution in [-0.4, -0.2) is 72.6 Å². The van der Waals surface area contributed by atoms with Crippen molar-refractivity contribution in [3.05, 3.63) is 52.2 Å². The molecular formula is C33H45F3N4O4. The smallest absolute Gasteiger partial charge is 0.416 e. The maximum Gasteiger partial charge on any atom is 0.416 e. The molecule has 1 aromatic carbocycles. The van der Waals surface area contributed by atoms with E-state index in [1.807, 2.05) is 11.8 Å². The highest BCUT2D eigenvalue weighted by atomic mass is 19.4. The maximum atomic E-state index is 13.6. The molecule has 8 nitrogen and oxygen atoms in total. The molecule has 1 aliphatic carbocycles. The van der Waals surface area contributed by atoms with Gasteiger partial charge in [-0.25, -0.2) is 0 Å². The number of carbonyl (C=O) groups is 1. The number of carbonyl (C=O) groups excluding carboxylic acids is 1. The molecule has 1 saturated carbocycles. The molecule has 0 radical (unpaired) electrons. The number of likely N-dealkylation sites (tertiary alicyclic amines) is 1. The first-order valence-electron chi connectivity index (χ1n) is 16.0. The van der Waals surface area contributed by atoms with Crippen LogP contribution in [0.25, 0.3) is 0 Å². The molecule has 0 unspecified atom stereocenters. The van der Waals surface area contributed by atoms with Crippen molar-refractivity contribution in [2.45, 2.75) is 114 Å². The number of nitrogens with zero attached hydrogens (tertiary/aromatic N) is 3. The van der Waals surface area contributed by atoms with Gasteiger partial charge in [-0.2, -0.15) is 13.2 Å². The van der Waals surface area contributed by atoms with Crippen molar-refractivity contribution in [1.82, 2.24) is 20.4 Å². The van der Waals surface area contributed by atoms with Crippen molar-refractivity contribution >= 4 is 5.91 Å². The minimum atomic E-state index is -4.36. The van der Waals surface area contributed by atoms with Gasteiger partial charge in [0.15, 0.2) is 5.69 Å². The van der Waals surface area contributed by atoms with Gasteiger partial charge in [0.25, 0.3) is 5.91 Å². The fraction of sp³-hybridized carbons (Fsp3) is 0.667. The van der Waals surface area contributed by atoms with Gasteiger partial charge in [0.05, 0.1) is 31.0 Å². The van der Waals surface area contributed by atoms with E-state index in [0.717, 1.165) is 73.8 Å². The van der Waals surface area contributed by atoms with E-state index < -0.39 is 11.7 Å². The molecular weight excluding hydrogens is 573 g/mol. The molecule has 2 aliphatic heterocycles. The second-order valence-corrected chi connectivity index (χ2v) is 12.4. The van der Waals surface area contributed by atoms with Gasteiger partial charge >= 0.3 is 6.18 Å². The number of aromatic nitrogens is 2. The van der Waals surface area contributed by atoms with Gasteiger partial charge in [0.1, 0.15) is 0 Å². The van der Waals surface area contributed by atoms with Crippen molar-refractivity contribution in [1.29, 1.82) is 0 Å². The first-order valence-corrected chi connectivity index (χ1v) is 16.0.